The number of methoxy groups -OCH3 is 1. The number of esters is 1. The van der Waals surface area contributed by atoms with E-state index in [1.807, 2.05) is 26.8 Å². The number of alkyl carbamates (subject to hydrolysis) is 1. The molecule has 0 spiro atoms. The fourth-order valence-corrected chi connectivity index (χ4v) is 3.15. The van der Waals surface area contributed by atoms with Gasteiger partial charge in [-0.15, -0.1) is 0 Å². The van der Waals surface area contributed by atoms with Crippen LogP contribution in [-0.2, 0) is 23.9 Å². The van der Waals surface area contributed by atoms with Gasteiger partial charge in [-0.1, -0.05) is 37.8 Å². The quantitative estimate of drug-likeness (QED) is 0.503. The molecule has 9 heteroatoms. The van der Waals surface area contributed by atoms with Crippen molar-refractivity contribution in [3.05, 3.63) is 42.0 Å². The number of rotatable bonds is 10. The maximum Gasteiger partial charge on any atom is 0.408 e. The third kappa shape index (κ3) is 8.53. The molecule has 1 rings (SSSR count). The largest absolute Gasteiger partial charge is 0.468 e. The standard InChI is InChI=1S/C25H37N3O6/c1-9-17-12-11-13-18(14-17)21(22(31)26-16-20(30)33-8)28(25(6,7)10-2)19(29)15-27-23(32)34-24(3,4)5/h9,11-14,21H,1,10,15-16H2,2-8H3,(H,26,31)(H,27,32). The molecular weight excluding hydrogens is 438 g/mol. The summed E-state index contributed by atoms with van der Waals surface area (Å²) in [7, 11) is 1.22. The number of ether oxygens (including phenoxy) is 2. The summed E-state index contributed by atoms with van der Waals surface area (Å²) in [6.45, 7) is 13.7. The lowest BCUT2D eigenvalue weighted by molar-refractivity contribution is -0.148. The molecule has 1 atom stereocenters. The first-order valence-electron chi connectivity index (χ1n) is 11.1. The Morgan fingerprint density at radius 2 is 1.74 bits per heavy atom. The molecule has 0 radical (unpaired) electrons. The number of hydrogen-bond acceptors (Lipinski definition) is 6. The van der Waals surface area contributed by atoms with Gasteiger partial charge in [0.25, 0.3) is 0 Å². The normalized spacial score (nSPS) is 12.2. The van der Waals surface area contributed by atoms with Gasteiger partial charge in [-0.05, 0) is 58.2 Å². The Balaban J connectivity index is 3.40. The molecule has 188 valence electrons. The van der Waals surface area contributed by atoms with Crippen molar-refractivity contribution in [3.63, 3.8) is 0 Å². The highest BCUT2D eigenvalue weighted by atomic mass is 16.6. The van der Waals surface area contributed by atoms with E-state index in [0.717, 1.165) is 5.56 Å². The van der Waals surface area contributed by atoms with E-state index >= 15 is 0 Å². The molecule has 0 saturated carbocycles. The number of nitrogens with zero attached hydrogens (tertiary/aromatic N) is 1. The molecule has 9 nitrogen and oxygen atoms in total. The van der Waals surface area contributed by atoms with Crippen molar-refractivity contribution in [2.75, 3.05) is 20.2 Å². The Bertz CT molecular complexity index is 904. The molecule has 1 aromatic carbocycles. The van der Waals surface area contributed by atoms with Crippen molar-refractivity contribution in [1.82, 2.24) is 15.5 Å². The van der Waals surface area contributed by atoms with Crippen LogP contribution in [0.3, 0.4) is 0 Å². The highest BCUT2D eigenvalue weighted by Crippen LogP contribution is 2.32. The molecule has 0 bridgehead atoms. The zero-order chi connectivity index (χ0) is 26.1. The molecule has 0 aliphatic heterocycles. The SMILES string of the molecule is C=Cc1cccc(C(C(=O)NCC(=O)OC)N(C(=O)CNC(=O)OC(C)(C)C)C(C)(C)CC)c1. The summed E-state index contributed by atoms with van der Waals surface area (Å²) in [4.78, 5) is 52.0. The fraction of sp³-hybridized carbons (Fsp3) is 0.520. The second kappa shape index (κ2) is 12.2. The van der Waals surface area contributed by atoms with E-state index in [4.69, 9.17) is 4.74 Å². The van der Waals surface area contributed by atoms with Gasteiger partial charge in [-0.3, -0.25) is 14.4 Å². The Hall–Kier alpha value is -3.36. The van der Waals surface area contributed by atoms with E-state index in [0.29, 0.717) is 12.0 Å². The Kier molecular flexibility index (Phi) is 10.3. The molecule has 3 amide bonds. The average Bonchev–Trinajstić information content (AvgIpc) is 2.77. The number of nitrogens with one attached hydrogen (secondary N) is 2. The molecule has 0 aliphatic carbocycles. The lowest BCUT2D eigenvalue weighted by Crippen LogP contribution is -2.56. The van der Waals surface area contributed by atoms with E-state index in [1.54, 1.807) is 45.0 Å². The van der Waals surface area contributed by atoms with Crippen LogP contribution < -0.4 is 10.6 Å². The van der Waals surface area contributed by atoms with E-state index in [9.17, 15) is 19.2 Å². The van der Waals surface area contributed by atoms with Gasteiger partial charge < -0.3 is 25.0 Å². The molecule has 1 unspecified atom stereocenters. The molecule has 34 heavy (non-hydrogen) atoms. The second-order valence-electron chi connectivity index (χ2n) is 9.36. The van der Waals surface area contributed by atoms with Gasteiger partial charge in [0.05, 0.1) is 7.11 Å². The molecule has 1 aromatic rings. The minimum Gasteiger partial charge on any atom is -0.468 e. The van der Waals surface area contributed by atoms with Crippen LogP contribution in [0.1, 0.15) is 65.1 Å². The highest BCUT2D eigenvalue weighted by molar-refractivity contribution is 5.92. The number of benzene rings is 1. The van der Waals surface area contributed by atoms with Gasteiger partial charge in [0.15, 0.2) is 0 Å². The summed E-state index contributed by atoms with van der Waals surface area (Å²) in [6.07, 6.45) is 1.41. The monoisotopic (exact) mass is 475 g/mol. The van der Waals surface area contributed by atoms with Crippen LogP contribution in [0.2, 0.25) is 0 Å². The van der Waals surface area contributed by atoms with Crippen LogP contribution >= 0.6 is 0 Å². The van der Waals surface area contributed by atoms with E-state index in [2.05, 4.69) is 21.9 Å². The number of carbonyl (C=O) groups excluding carboxylic acids is 4. The summed E-state index contributed by atoms with van der Waals surface area (Å²) in [6, 6.07) is 5.98. The first kappa shape index (κ1) is 28.7. The molecule has 0 saturated heterocycles. The van der Waals surface area contributed by atoms with Gasteiger partial charge in [0.2, 0.25) is 11.8 Å². The van der Waals surface area contributed by atoms with Crippen molar-refractivity contribution < 1.29 is 28.7 Å². The number of amides is 3. The number of hydrogen-bond donors (Lipinski definition) is 2. The van der Waals surface area contributed by atoms with E-state index in [-0.39, 0.29) is 13.1 Å². The first-order valence-corrected chi connectivity index (χ1v) is 11.1. The number of carbonyl (C=O) groups is 4. The summed E-state index contributed by atoms with van der Waals surface area (Å²) in [5.74, 6) is -1.66. The van der Waals surface area contributed by atoms with Crippen LogP contribution in [0.15, 0.2) is 30.8 Å². The van der Waals surface area contributed by atoms with Gasteiger partial charge in [0.1, 0.15) is 24.7 Å². The summed E-state index contributed by atoms with van der Waals surface area (Å²) in [5, 5.41) is 5.02. The summed E-state index contributed by atoms with van der Waals surface area (Å²) < 4.78 is 9.83. The van der Waals surface area contributed by atoms with Crippen LogP contribution in [0.5, 0.6) is 0 Å². The highest BCUT2D eigenvalue weighted by Gasteiger charge is 2.40. The van der Waals surface area contributed by atoms with Crippen LogP contribution in [0.25, 0.3) is 6.08 Å². The third-order valence-electron chi connectivity index (χ3n) is 5.17. The minimum atomic E-state index is -1.08. The van der Waals surface area contributed by atoms with E-state index < -0.39 is 41.1 Å². The molecule has 0 heterocycles. The first-order chi connectivity index (χ1) is 15.8. The van der Waals surface area contributed by atoms with Gasteiger partial charge in [0, 0.05) is 5.54 Å². The van der Waals surface area contributed by atoms with Crippen molar-refractivity contribution in [2.45, 2.75) is 65.1 Å². The fourth-order valence-electron chi connectivity index (χ4n) is 3.15. The lowest BCUT2D eigenvalue weighted by atomic mass is 9.92. The van der Waals surface area contributed by atoms with Crippen molar-refractivity contribution in [3.8, 4) is 0 Å². The molecule has 0 fully saturated rings. The summed E-state index contributed by atoms with van der Waals surface area (Å²) >= 11 is 0. The van der Waals surface area contributed by atoms with Crippen LogP contribution in [0.4, 0.5) is 4.79 Å². The Morgan fingerprint density at radius 3 is 2.26 bits per heavy atom. The van der Waals surface area contributed by atoms with Gasteiger partial charge >= 0.3 is 12.1 Å². The Labute approximate surface area is 201 Å². The third-order valence-corrected chi connectivity index (χ3v) is 5.17. The molecular formula is C25H37N3O6. The minimum absolute atomic E-state index is 0.349. The zero-order valence-corrected chi connectivity index (χ0v) is 21.2. The van der Waals surface area contributed by atoms with E-state index in [1.165, 1.54) is 12.0 Å². The molecule has 2 N–H and O–H groups in total. The van der Waals surface area contributed by atoms with Crippen molar-refractivity contribution >= 4 is 30.0 Å². The smallest absolute Gasteiger partial charge is 0.408 e. The summed E-state index contributed by atoms with van der Waals surface area (Å²) in [5.41, 5.74) is -0.204. The Morgan fingerprint density at radius 1 is 1.09 bits per heavy atom. The van der Waals surface area contributed by atoms with Crippen molar-refractivity contribution in [2.24, 2.45) is 0 Å². The van der Waals surface area contributed by atoms with Gasteiger partial charge in [-0.25, -0.2) is 4.79 Å². The van der Waals surface area contributed by atoms with Crippen LogP contribution in [0, 0.1) is 0 Å². The van der Waals surface area contributed by atoms with Crippen molar-refractivity contribution in [1.29, 1.82) is 0 Å². The molecule has 0 aromatic heterocycles. The molecule has 0 aliphatic rings. The topological polar surface area (TPSA) is 114 Å². The lowest BCUT2D eigenvalue weighted by Gasteiger charge is -2.43. The predicted octanol–water partition coefficient (Wildman–Crippen LogP) is 3.20. The van der Waals surface area contributed by atoms with Crippen LogP contribution in [-0.4, -0.2) is 60.1 Å². The maximum atomic E-state index is 13.5. The second-order valence-corrected chi connectivity index (χ2v) is 9.36. The van der Waals surface area contributed by atoms with Gasteiger partial charge in [-0.2, -0.15) is 0 Å². The predicted molar refractivity (Wildman–Crippen MR) is 130 cm³/mol. The maximum absolute atomic E-state index is 13.5. The average molecular weight is 476 g/mol. The zero-order valence-electron chi connectivity index (χ0n) is 21.2.